The third-order valence-electron chi connectivity index (χ3n) is 5.20. The highest BCUT2D eigenvalue weighted by atomic mass is 32.2. The van der Waals surface area contributed by atoms with Crippen LogP contribution < -0.4 is 5.32 Å². The summed E-state index contributed by atoms with van der Waals surface area (Å²) in [5.74, 6) is -0.758. The van der Waals surface area contributed by atoms with Crippen LogP contribution in [0.2, 0.25) is 0 Å². The number of benzene rings is 1. The van der Waals surface area contributed by atoms with Crippen molar-refractivity contribution in [3.05, 3.63) is 29.3 Å². The van der Waals surface area contributed by atoms with Crippen LogP contribution in [0.3, 0.4) is 0 Å². The first kappa shape index (κ1) is 17.9. The second-order valence-electron chi connectivity index (χ2n) is 7.26. The van der Waals surface area contributed by atoms with Crippen molar-refractivity contribution < 1.29 is 18.0 Å². The van der Waals surface area contributed by atoms with E-state index in [1.165, 1.54) is 4.90 Å². The Labute approximate surface area is 148 Å². The molecule has 2 amide bonds. The zero-order chi connectivity index (χ0) is 18.4. The number of aryl methyl sites for hydroxylation is 2. The number of sulfone groups is 1. The maximum absolute atomic E-state index is 12.5. The molecule has 136 valence electrons. The van der Waals surface area contributed by atoms with Crippen LogP contribution in [0.25, 0.3) is 0 Å². The van der Waals surface area contributed by atoms with Crippen LogP contribution in [0.15, 0.2) is 18.2 Å². The Kier molecular flexibility index (Phi) is 4.62. The molecule has 0 aromatic heterocycles. The van der Waals surface area contributed by atoms with Crippen molar-refractivity contribution >= 4 is 27.3 Å². The smallest absolute Gasteiger partial charge is 0.228 e. The molecule has 1 aromatic rings. The van der Waals surface area contributed by atoms with Gasteiger partial charge in [-0.2, -0.15) is 0 Å². The van der Waals surface area contributed by atoms with Crippen molar-refractivity contribution in [2.24, 2.45) is 11.8 Å². The van der Waals surface area contributed by atoms with E-state index in [-0.39, 0.29) is 41.2 Å². The van der Waals surface area contributed by atoms with E-state index in [0.29, 0.717) is 12.8 Å². The standard InChI is InChI=1S/C18H24N2O4S/c1-11-4-5-12(2)16(8-11)19-17(21)14-9-15(14)18(22)20(3)13-6-7-25(23,24)10-13/h4-5,8,13-15H,6-7,9-10H2,1-3H3,(H,19,21). The van der Waals surface area contributed by atoms with Gasteiger partial charge in [0.05, 0.1) is 23.3 Å². The van der Waals surface area contributed by atoms with Crippen LogP contribution in [0.1, 0.15) is 24.0 Å². The minimum atomic E-state index is -3.03. The molecule has 3 unspecified atom stereocenters. The summed E-state index contributed by atoms with van der Waals surface area (Å²) in [6.07, 6.45) is 1.01. The molecule has 3 rings (SSSR count). The van der Waals surface area contributed by atoms with Gasteiger partial charge in [-0.3, -0.25) is 9.59 Å². The number of carbonyl (C=O) groups excluding carboxylic acids is 2. The minimum Gasteiger partial charge on any atom is -0.341 e. The molecule has 2 fully saturated rings. The van der Waals surface area contributed by atoms with Gasteiger partial charge in [0.1, 0.15) is 0 Å². The fraction of sp³-hybridized carbons (Fsp3) is 0.556. The lowest BCUT2D eigenvalue weighted by Gasteiger charge is -2.23. The summed E-state index contributed by atoms with van der Waals surface area (Å²) in [6.45, 7) is 3.89. The first-order valence-corrected chi connectivity index (χ1v) is 10.4. The number of amides is 2. The summed E-state index contributed by atoms with van der Waals surface area (Å²) in [7, 11) is -1.39. The van der Waals surface area contributed by atoms with E-state index in [4.69, 9.17) is 0 Å². The lowest BCUT2D eigenvalue weighted by atomic mass is 10.1. The molecule has 25 heavy (non-hydrogen) atoms. The summed E-state index contributed by atoms with van der Waals surface area (Å²) in [4.78, 5) is 26.5. The number of anilines is 1. The van der Waals surface area contributed by atoms with Crippen LogP contribution in [0.4, 0.5) is 5.69 Å². The highest BCUT2D eigenvalue weighted by Crippen LogP contribution is 2.41. The molecule has 1 aliphatic heterocycles. The maximum atomic E-state index is 12.5. The van der Waals surface area contributed by atoms with Crippen molar-refractivity contribution in [1.29, 1.82) is 0 Å². The first-order chi connectivity index (χ1) is 11.7. The van der Waals surface area contributed by atoms with Crippen molar-refractivity contribution in [2.75, 3.05) is 23.9 Å². The summed E-state index contributed by atoms with van der Waals surface area (Å²) >= 11 is 0. The Morgan fingerprint density at radius 3 is 2.56 bits per heavy atom. The van der Waals surface area contributed by atoms with Gasteiger partial charge >= 0.3 is 0 Å². The zero-order valence-corrected chi connectivity index (χ0v) is 15.6. The van der Waals surface area contributed by atoms with E-state index in [2.05, 4.69) is 5.32 Å². The van der Waals surface area contributed by atoms with Gasteiger partial charge in [0.25, 0.3) is 0 Å². The molecule has 7 heteroatoms. The van der Waals surface area contributed by atoms with Crippen LogP contribution in [-0.2, 0) is 19.4 Å². The molecule has 0 bridgehead atoms. The Hall–Kier alpha value is -1.89. The fourth-order valence-electron chi connectivity index (χ4n) is 3.38. The van der Waals surface area contributed by atoms with E-state index in [1.54, 1.807) is 7.05 Å². The maximum Gasteiger partial charge on any atom is 0.228 e. The lowest BCUT2D eigenvalue weighted by Crippen LogP contribution is -2.39. The average Bonchev–Trinajstić information content (AvgIpc) is 3.26. The quantitative estimate of drug-likeness (QED) is 0.878. The number of hydrogen-bond donors (Lipinski definition) is 1. The van der Waals surface area contributed by atoms with E-state index in [1.807, 2.05) is 32.0 Å². The van der Waals surface area contributed by atoms with Crippen molar-refractivity contribution in [3.8, 4) is 0 Å². The molecular formula is C18H24N2O4S. The molecule has 0 radical (unpaired) electrons. The highest BCUT2D eigenvalue weighted by molar-refractivity contribution is 7.91. The molecule has 1 aliphatic carbocycles. The van der Waals surface area contributed by atoms with E-state index < -0.39 is 9.84 Å². The van der Waals surface area contributed by atoms with Gasteiger partial charge in [0.15, 0.2) is 9.84 Å². The first-order valence-electron chi connectivity index (χ1n) is 8.53. The van der Waals surface area contributed by atoms with Gasteiger partial charge in [0, 0.05) is 18.8 Å². The molecule has 1 N–H and O–H groups in total. The van der Waals surface area contributed by atoms with Gasteiger partial charge in [-0.1, -0.05) is 12.1 Å². The van der Waals surface area contributed by atoms with Gasteiger partial charge in [-0.25, -0.2) is 8.42 Å². The Morgan fingerprint density at radius 2 is 1.92 bits per heavy atom. The molecule has 3 atom stereocenters. The summed E-state index contributed by atoms with van der Waals surface area (Å²) < 4.78 is 23.2. The van der Waals surface area contributed by atoms with Crippen LogP contribution >= 0.6 is 0 Å². The lowest BCUT2D eigenvalue weighted by molar-refractivity contribution is -0.134. The predicted octanol–water partition coefficient (Wildman–Crippen LogP) is 1.52. The van der Waals surface area contributed by atoms with Crippen molar-refractivity contribution in [3.63, 3.8) is 0 Å². The van der Waals surface area contributed by atoms with Gasteiger partial charge < -0.3 is 10.2 Å². The van der Waals surface area contributed by atoms with Crippen molar-refractivity contribution in [1.82, 2.24) is 4.90 Å². The number of carbonyl (C=O) groups is 2. The molecule has 1 heterocycles. The molecule has 0 spiro atoms. The average molecular weight is 364 g/mol. The Bertz CT molecular complexity index is 818. The molecular weight excluding hydrogens is 340 g/mol. The monoisotopic (exact) mass is 364 g/mol. The van der Waals surface area contributed by atoms with E-state index in [9.17, 15) is 18.0 Å². The third kappa shape index (κ3) is 3.86. The normalized spacial score (nSPS) is 26.9. The van der Waals surface area contributed by atoms with Crippen LogP contribution in [-0.4, -0.2) is 49.7 Å². The SMILES string of the molecule is Cc1ccc(C)c(NC(=O)C2CC2C(=O)N(C)C2CCS(=O)(=O)C2)c1. The highest BCUT2D eigenvalue weighted by Gasteiger charge is 2.50. The second-order valence-corrected chi connectivity index (χ2v) is 9.49. The van der Waals surface area contributed by atoms with Crippen LogP contribution in [0.5, 0.6) is 0 Å². The fourth-order valence-corrected chi connectivity index (χ4v) is 5.15. The molecule has 1 aromatic carbocycles. The minimum absolute atomic E-state index is 0.0291. The molecule has 1 saturated carbocycles. The third-order valence-corrected chi connectivity index (χ3v) is 6.95. The second kappa shape index (κ2) is 6.44. The van der Waals surface area contributed by atoms with Gasteiger partial charge in [0.2, 0.25) is 11.8 Å². The number of rotatable bonds is 4. The van der Waals surface area contributed by atoms with Crippen molar-refractivity contribution in [2.45, 2.75) is 32.7 Å². The number of hydrogen-bond acceptors (Lipinski definition) is 4. The van der Waals surface area contributed by atoms with Gasteiger partial charge in [-0.15, -0.1) is 0 Å². The largest absolute Gasteiger partial charge is 0.341 e. The topological polar surface area (TPSA) is 83.6 Å². The number of nitrogens with zero attached hydrogens (tertiary/aromatic N) is 1. The molecule has 2 aliphatic rings. The summed E-state index contributed by atoms with van der Waals surface area (Å²) in [6, 6.07) is 5.59. The van der Waals surface area contributed by atoms with E-state index >= 15 is 0 Å². The van der Waals surface area contributed by atoms with Gasteiger partial charge in [-0.05, 0) is 43.9 Å². The van der Waals surface area contributed by atoms with Crippen LogP contribution in [0, 0.1) is 25.7 Å². The Balaban J connectivity index is 1.59. The predicted molar refractivity (Wildman–Crippen MR) is 96.0 cm³/mol. The van der Waals surface area contributed by atoms with E-state index in [0.717, 1.165) is 16.8 Å². The summed E-state index contributed by atoms with van der Waals surface area (Å²) in [5, 5.41) is 2.91. The Morgan fingerprint density at radius 1 is 1.20 bits per heavy atom. The summed E-state index contributed by atoms with van der Waals surface area (Å²) in [5.41, 5.74) is 2.82. The molecule has 1 saturated heterocycles. The zero-order valence-electron chi connectivity index (χ0n) is 14.8. The molecule has 6 nitrogen and oxygen atoms in total. The number of nitrogens with one attached hydrogen (secondary N) is 1.